The highest BCUT2D eigenvalue weighted by Gasteiger charge is 2.47. The molecule has 0 bridgehead atoms. The van der Waals surface area contributed by atoms with Crippen molar-refractivity contribution in [3.63, 3.8) is 0 Å². The van der Waals surface area contributed by atoms with Crippen LogP contribution in [0.4, 0.5) is 5.82 Å². The van der Waals surface area contributed by atoms with Crippen molar-refractivity contribution in [3.8, 4) is 12.1 Å². The molecule has 3 fully saturated rings. The number of aliphatic imine (C=N–C) groups is 1. The number of pyridine rings is 1. The Morgan fingerprint density at radius 2 is 2.00 bits per heavy atom. The van der Waals surface area contributed by atoms with E-state index in [1.807, 2.05) is 0 Å². The topological polar surface area (TPSA) is 100 Å². The Morgan fingerprint density at radius 1 is 1.21 bits per heavy atom. The van der Waals surface area contributed by atoms with Crippen molar-refractivity contribution in [2.75, 3.05) is 31.5 Å². The Kier molecular flexibility index (Phi) is 4.49. The van der Waals surface area contributed by atoms with E-state index in [1.165, 1.54) is 12.0 Å². The normalized spacial score (nSPS) is 29.7. The van der Waals surface area contributed by atoms with Crippen LogP contribution in [0.15, 0.2) is 35.0 Å². The molecule has 0 aromatic carbocycles. The number of likely N-dealkylation sites (tertiary alicyclic amines) is 1. The van der Waals surface area contributed by atoms with Crippen molar-refractivity contribution < 1.29 is 0 Å². The molecule has 7 nitrogen and oxygen atoms in total. The average molecular weight is 387 g/mol. The van der Waals surface area contributed by atoms with Crippen molar-refractivity contribution in [3.05, 3.63) is 35.5 Å². The standard InChI is InChI=1S/C22H25N7/c23-11-15-1-4-26-19(7-15)27-20-9-18(22(14-24)2-5-25-6-3-22)10-21(28-20)29-12-16-8-17(16)13-29/h1,4,7,10,16-17,20,25H,2-3,5-6,8-9,12-13H2,(H,26,27). The zero-order valence-electron chi connectivity index (χ0n) is 16.4. The third-order valence-electron chi connectivity index (χ3n) is 6.80. The van der Waals surface area contributed by atoms with Gasteiger partial charge in [0.25, 0.3) is 0 Å². The van der Waals surface area contributed by atoms with Crippen LogP contribution >= 0.6 is 0 Å². The molecule has 3 aliphatic heterocycles. The smallest absolute Gasteiger partial charge is 0.128 e. The molecule has 1 saturated carbocycles. The van der Waals surface area contributed by atoms with Gasteiger partial charge in [-0.1, -0.05) is 0 Å². The van der Waals surface area contributed by atoms with E-state index < -0.39 is 5.41 Å². The van der Waals surface area contributed by atoms with Gasteiger partial charge >= 0.3 is 0 Å². The summed E-state index contributed by atoms with van der Waals surface area (Å²) in [7, 11) is 0. The Labute approximate surface area is 171 Å². The van der Waals surface area contributed by atoms with Gasteiger partial charge in [-0.3, -0.25) is 0 Å². The molecule has 3 unspecified atom stereocenters. The van der Waals surface area contributed by atoms with E-state index in [0.29, 0.717) is 17.8 Å². The van der Waals surface area contributed by atoms with Gasteiger partial charge in [-0.05, 0) is 68.0 Å². The van der Waals surface area contributed by atoms with E-state index in [1.54, 1.807) is 18.3 Å². The number of nitrogens with zero attached hydrogens (tertiary/aromatic N) is 5. The number of nitriles is 2. The molecule has 0 radical (unpaired) electrons. The van der Waals surface area contributed by atoms with Gasteiger partial charge in [0.05, 0.1) is 23.1 Å². The molecular weight excluding hydrogens is 362 g/mol. The monoisotopic (exact) mass is 387 g/mol. The van der Waals surface area contributed by atoms with E-state index in [2.05, 4.69) is 38.7 Å². The minimum atomic E-state index is -0.420. The molecule has 1 aromatic rings. The number of hydrogen-bond acceptors (Lipinski definition) is 7. The van der Waals surface area contributed by atoms with Crippen molar-refractivity contribution in [1.29, 1.82) is 10.5 Å². The molecule has 1 aliphatic carbocycles. The predicted octanol–water partition coefficient (Wildman–Crippen LogP) is 2.26. The third kappa shape index (κ3) is 3.47. The lowest BCUT2D eigenvalue weighted by atomic mass is 9.71. The van der Waals surface area contributed by atoms with Gasteiger partial charge in [0.1, 0.15) is 17.8 Å². The van der Waals surface area contributed by atoms with Crippen LogP contribution in [0.5, 0.6) is 0 Å². The minimum absolute atomic E-state index is 0.177. The van der Waals surface area contributed by atoms with Crippen molar-refractivity contribution in [2.24, 2.45) is 22.2 Å². The SMILES string of the molecule is N#Cc1ccnc(NC2CC(C3(C#N)CCNCC3)=CC(N3CC4CC4C3)=N2)c1. The second kappa shape index (κ2) is 7.17. The number of dihydropyridines is 1. The summed E-state index contributed by atoms with van der Waals surface area (Å²) in [6.07, 6.45) is 7.37. The fraction of sp³-hybridized carbons (Fsp3) is 0.545. The highest BCUT2D eigenvalue weighted by Crippen LogP contribution is 2.46. The van der Waals surface area contributed by atoms with Crippen LogP contribution in [0, 0.1) is 39.9 Å². The van der Waals surface area contributed by atoms with Crippen molar-refractivity contribution in [2.45, 2.75) is 31.8 Å². The van der Waals surface area contributed by atoms with Crippen LogP contribution < -0.4 is 10.6 Å². The zero-order valence-corrected chi connectivity index (χ0v) is 16.4. The number of hydrogen-bond donors (Lipinski definition) is 2. The molecule has 0 spiro atoms. The van der Waals surface area contributed by atoms with E-state index in [9.17, 15) is 5.26 Å². The summed E-state index contributed by atoms with van der Waals surface area (Å²) in [6, 6.07) is 8.26. The fourth-order valence-electron chi connectivity index (χ4n) is 4.95. The summed E-state index contributed by atoms with van der Waals surface area (Å²) in [5, 5.41) is 26.0. The first-order chi connectivity index (χ1) is 14.2. The highest BCUT2D eigenvalue weighted by molar-refractivity contribution is 5.95. The molecule has 4 aliphatic rings. The third-order valence-corrected chi connectivity index (χ3v) is 6.80. The maximum Gasteiger partial charge on any atom is 0.128 e. The minimum Gasteiger partial charge on any atom is -0.356 e. The second-order valence-electron chi connectivity index (χ2n) is 8.67. The fourth-order valence-corrected chi connectivity index (χ4v) is 4.95. The van der Waals surface area contributed by atoms with Gasteiger partial charge in [0, 0.05) is 25.7 Å². The largest absolute Gasteiger partial charge is 0.356 e. The first kappa shape index (κ1) is 18.1. The molecule has 2 N–H and O–H groups in total. The van der Waals surface area contributed by atoms with Crippen LogP contribution in [0.25, 0.3) is 0 Å². The first-order valence-electron chi connectivity index (χ1n) is 10.5. The van der Waals surface area contributed by atoms with E-state index in [-0.39, 0.29) is 6.17 Å². The quantitative estimate of drug-likeness (QED) is 0.825. The number of rotatable bonds is 3. The maximum absolute atomic E-state index is 10.1. The molecule has 4 heterocycles. The Bertz CT molecular complexity index is 935. The summed E-state index contributed by atoms with van der Waals surface area (Å²) >= 11 is 0. The molecule has 0 amide bonds. The predicted molar refractivity (Wildman–Crippen MR) is 110 cm³/mol. The van der Waals surface area contributed by atoms with Crippen LogP contribution in [0.1, 0.15) is 31.2 Å². The highest BCUT2D eigenvalue weighted by atomic mass is 15.3. The van der Waals surface area contributed by atoms with E-state index >= 15 is 0 Å². The molecule has 7 heteroatoms. The summed E-state index contributed by atoms with van der Waals surface area (Å²) in [5.41, 5.74) is 1.34. The number of aromatic nitrogens is 1. The van der Waals surface area contributed by atoms with E-state index in [0.717, 1.165) is 56.7 Å². The lowest BCUT2D eigenvalue weighted by Crippen LogP contribution is -2.41. The summed E-state index contributed by atoms with van der Waals surface area (Å²) in [6.45, 7) is 3.89. The lowest BCUT2D eigenvalue weighted by molar-refractivity contribution is 0.320. The van der Waals surface area contributed by atoms with Gasteiger partial charge in [0.2, 0.25) is 0 Å². The Morgan fingerprint density at radius 3 is 2.72 bits per heavy atom. The Balaban J connectivity index is 1.44. The summed E-state index contributed by atoms with van der Waals surface area (Å²) in [5.74, 6) is 3.29. The van der Waals surface area contributed by atoms with Crippen LogP contribution in [-0.2, 0) is 0 Å². The molecule has 1 aromatic heterocycles. The zero-order chi connectivity index (χ0) is 19.8. The molecule has 3 atom stereocenters. The summed E-state index contributed by atoms with van der Waals surface area (Å²) < 4.78 is 0. The van der Waals surface area contributed by atoms with Crippen LogP contribution in [-0.4, -0.2) is 48.1 Å². The number of piperidine rings is 2. The van der Waals surface area contributed by atoms with Crippen molar-refractivity contribution >= 4 is 11.7 Å². The average Bonchev–Trinajstić information content (AvgIpc) is 3.39. The maximum atomic E-state index is 10.1. The van der Waals surface area contributed by atoms with Gasteiger partial charge < -0.3 is 15.5 Å². The van der Waals surface area contributed by atoms with Gasteiger partial charge in [0.15, 0.2) is 0 Å². The number of anilines is 1. The van der Waals surface area contributed by atoms with Crippen LogP contribution in [0.2, 0.25) is 0 Å². The molecule has 29 heavy (non-hydrogen) atoms. The summed E-state index contributed by atoms with van der Waals surface area (Å²) in [4.78, 5) is 11.7. The van der Waals surface area contributed by atoms with Gasteiger partial charge in [-0.2, -0.15) is 10.5 Å². The number of amidine groups is 1. The molecule has 148 valence electrons. The molecular formula is C22H25N7. The molecule has 5 rings (SSSR count). The molecule has 2 saturated heterocycles. The van der Waals surface area contributed by atoms with E-state index in [4.69, 9.17) is 10.3 Å². The lowest BCUT2D eigenvalue weighted by Gasteiger charge is -2.37. The van der Waals surface area contributed by atoms with Gasteiger partial charge in [-0.25, -0.2) is 9.98 Å². The number of nitrogens with one attached hydrogen (secondary N) is 2. The Hall–Kier alpha value is -2.90. The van der Waals surface area contributed by atoms with Crippen LogP contribution in [0.3, 0.4) is 0 Å². The first-order valence-corrected chi connectivity index (χ1v) is 10.5. The number of fused-ring (bicyclic) bond motifs is 1. The van der Waals surface area contributed by atoms with Crippen molar-refractivity contribution in [1.82, 2.24) is 15.2 Å². The second-order valence-corrected chi connectivity index (χ2v) is 8.67. The van der Waals surface area contributed by atoms with Gasteiger partial charge in [-0.15, -0.1) is 0 Å².